The van der Waals surface area contributed by atoms with Crippen LogP contribution >= 0.6 is 0 Å². The van der Waals surface area contributed by atoms with Crippen LogP contribution in [0.1, 0.15) is 19.5 Å². The Labute approximate surface area is 121 Å². The van der Waals surface area contributed by atoms with Crippen molar-refractivity contribution >= 4 is 22.4 Å². The number of aromatic amines is 1. The Bertz CT molecular complexity index is 745. The molecule has 1 aromatic carbocycles. The minimum absolute atomic E-state index is 0.137. The van der Waals surface area contributed by atoms with Gasteiger partial charge in [-0.25, -0.2) is 0 Å². The number of hydrogen-bond acceptors (Lipinski definition) is 3. The maximum absolute atomic E-state index is 11.7. The fraction of sp³-hybridized carbons (Fsp3) is 0.286. The lowest BCUT2D eigenvalue weighted by Gasteiger charge is -2.04. The largest absolute Gasteiger partial charge is 0.326 e. The zero-order chi connectivity index (χ0) is 15.8. The lowest BCUT2D eigenvalue weighted by molar-refractivity contribution is -0.114. The van der Waals surface area contributed by atoms with E-state index in [-0.39, 0.29) is 11.5 Å². The van der Waals surface area contributed by atoms with Crippen LogP contribution in [0.15, 0.2) is 34.2 Å². The summed E-state index contributed by atoms with van der Waals surface area (Å²) in [5.41, 5.74) is 8.85. The molecule has 0 bridgehead atoms. The summed E-state index contributed by atoms with van der Waals surface area (Å²) in [5.74, 6) is -0.150. The maximum Gasteiger partial charge on any atom is 0.256 e. The van der Waals surface area contributed by atoms with Crippen LogP contribution < -0.4 is 10.9 Å². The second-order valence-electron chi connectivity index (χ2n) is 4.31. The molecule has 21 heavy (non-hydrogen) atoms. The average molecular weight is 287 g/mol. The molecule has 7 nitrogen and oxygen atoms in total. The number of nitrogens with one attached hydrogen (secondary N) is 2. The number of hydrogen-bond donors (Lipinski definition) is 2. The molecule has 1 aromatic heterocycles. The molecule has 0 aliphatic heterocycles. The fourth-order valence-corrected chi connectivity index (χ4v) is 1.74. The topological polar surface area (TPSA) is 111 Å². The minimum atomic E-state index is -0.150. The summed E-state index contributed by atoms with van der Waals surface area (Å²) in [6, 6.07) is 7.18. The maximum atomic E-state index is 11.7. The molecule has 0 unspecified atom stereocenters. The van der Waals surface area contributed by atoms with E-state index in [4.69, 9.17) is 5.53 Å². The van der Waals surface area contributed by atoms with Crippen molar-refractivity contribution in [1.82, 2.24) is 4.98 Å². The molecule has 0 fully saturated rings. The zero-order valence-corrected chi connectivity index (χ0v) is 12.2. The molecule has 1 amide bonds. The van der Waals surface area contributed by atoms with Gasteiger partial charge in [0.25, 0.3) is 5.56 Å². The van der Waals surface area contributed by atoms with Gasteiger partial charge in [-0.05, 0) is 36.0 Å². The molecule has 110 valence electrons. The van der Waals surface area contributed by atoms with Crippen molar-refractivity contribution in [3.05, 3.63) is 50.8 Å². The fourth-order valence-electron chi connectivity index (χ4n) is 1.74. The molecule has 0 spiro atoms. The smallest absolute Gasteiger partial charge is 0.256 e. The minimum Gasteiger partial charge on any atom is -0.326 e. The Morgan fingerprint density at radius 1 is 1.43 bits per heavy atom. The number of benzene rings is 1. The van der Waals surface area contributed by atoms with Gasteiger partial charge < -0.3 is 10.3 Å². The van der Waals surface area contributed by atoms with Crippen LogP contribution in [0.4, 0.5) is 5.69 Å². The number of carbonyl (C=O) groups excluding carboxylic acids is 1. The monoisotopic (exact) mass is 287 g/mol. The molecular weight excluding hydrogens is 270 g/mol. The van der Waals surface area contributed by atoms with Gasteiger partial charge in [0, 0.05) is 35.1 Å². The number of azide groups is 1. The molecule has 0 atom stereocenters. The van der Waals surface area contributed by atoms with E-state index in [0.29, 0.717) is 17.6 Å². The molecule has 2 N–H and O–H groups in total. The van der Waals surface area contributed by atoms with Crippen molar-refractivity contribution in [3.8, 4) is 0 Å². The first-order valence-corrected chi connectivity index (χ1v) is 6.40. The third-order valence-electron chi connectivity index (χ3n) is 2.51. The summed E-state index contributed by atoms with van der Waals surface area (Å²) < 4.78 is 0. The number of amides is 1. The molecule has 0 aliphatic carbocycles. The molecule has 2 rings (SSSR count). The van der Waals surface area contributed by atoms with E-state index < -0.39 is 0 Å². The number of H-pyrrole nitrogens is 1. The SMILES string of the molecule is CC(=O)Nc1ccc2cc(C)[nH]c(=O)c2c1.CCN=[N+]=[N-]. The van der Waals surface area contributed by atoms with E-state index in [1.165, 1.54) is 6.92 Å². The van der Waals surface area contributed by atoms with Gasteiger partial charge in [-0.2, -0.15) is 0 Å². The first kappa shape index (κ1) is 16.3. The number of anilines is 1. The summed E-state index contributed by atoms with van der Waals surface area (Å²) in [6.07, 6.45) is 0. The van der Waals surface area contributed by atoms with Crippen LogP contribution in [-0.4, -0.2) is 17.4 Å². The van der Waals surface area contributed by atoms with Crippen molar-refractivity contribution in [2.75, 3.05) is 11.9 Å². The number of aryl methyl sites for hydroxylation is 1. The van der Waals surface area contributed by atoms with Crippen LogP contribution in [0.5, 0.6) is 0 Å². The number of aromatic nitrogens is 1. The summed E-state index contributed by atoms with van der Waals surface area (Å²) >= 11 is 0. The van der Waals surface area contributed by atoms with E-state index in [1.807, 2.05) is 19.1 Å². The third kappa shape index (κ3) is 5.00. The predicted molar refractivity (Wildman–Crippen MR) is 83.3 cm³/mol. The van der Waals surface area contributed by atoms with Crippen LogP contribution in [0, 0.1) is 6.92 Å². The highest BCUT2D eigenvalue weighted by Crippen LogP contribution is 2.16. The van der Waals surface area contributed by atoms with Gasteiger partial charge in [0.05, 0.1) is 0 Å². The van der Waals surface area contributed by atoms with E-state index in [2.05, 4.69) is 20.3 Å². The van der Waals surface area contributed by atoms with Crippen LogP contribution in [0.3, 0.4) is 0 Å². The summed E-state index contributed by atoms with van der Waals surface area (Å²) in [6.45, 7) is 5.61. The normalized spacial score (nSPS) is 9.29. The zero-order valence-electron chi connectivity index (χ0n) is 12.2. The van der Waals surface area contributed by atoms with Gasteiger partial charge in [0.1, 0.15) is 0 Å². The van der Waals surface area contributed by atoms with Gasteiger partial charge in [-0.3, -0.25) is 9.59 Å². The lowest BCUT2D eigenvalue weighted by Crippen LogP contribution is -2.09. The number of fused-ring (bicyclic) bond motifs is 1. The Morgan fingerprint density at radius 2 is 2.14 bits per heavy atom. The molecule has 0 radical (unpaired) electrons. The Hall–Kier alpha value is -2.79. The van der Waals surface area contributed by atoms with Gasteiger partial charge >= 0.3 is 0 Å². The molecular formula is C14H17N5O2. The standard InChI is InChI=1S/C12H12N2O2.C2H5N3/c1-7-5-9-3-4-10(14-8(2)15)6-11(9)12(16)13-7;1-2-4-5-3/h3-6H,1-2H3,(H,13,16)(H,14,15);2H2,1H3. The highest BCUT2D eigenvalue weighted by molar-refractivity contribution is 5.92. The second kappa shape index (κ2) is 7.72. The highest BCUT2D eigenvalue weighted by Gasteiger charge is 2.02. The molecule has 1 heterocycles. The Kier molecular flexibility index (Phi) is 5.98. The first-order valence-electron chi connectivity index (χ1n) is 6.40. The summed E-state index contributed by atoms with van der Waals surface area (Å²) in [7, 11) is 0. The average Bonchev–Trinajstić information content (AvgIpc) is 2.40. The van der Waals surface area contributed by atoms with Gasteiger partial charge in [-0.1, -0.05) is 18.1 Å². The van der Waals surface area contributed by atoms with Crippen LogP contribution in [-0.2, 0) is 4.79 Å². The van der Waals surface area contributed by atoms with E-state index in [0.717, 1.165) is 11.1 Å². The molecule has 0 saturated heterocycles. The van der Waals surface area contributed by atoms with Crippen molar-refractivity contribution < 1.29 is 4.79 Å². The highest BCUT2D eigenvalue weighted by atomic mass is 16.1. The van der Waals surface area contributed by atoms with Crippen LogP contribution in [0.2, 0.25) is 0 Å². The van der Waals surface area contributed by atoms with Crippen molar-refractivity contribution in [3.63, 3.8) is 0 Å². The van der Waals surface area contributed by atoms with Crippen molar-refractivity contribution in [2.45, 2.75) is 20.8 Å². The first-order chi connectivity index (χ1) is 9.97. The van der Waals surface area contributed by atoms with Crippen LogP contribution in [0.25, 0.3) is 21.2 Å². The Balaban J connectivity index is 0.000000383. The molecule has 0 saturated carbocycles. The predicted octanol–water partition coefficient (Wildman–Crippen LogP) is 3.11. The third-order valence-corrected chi connectivity index (χ3v) is 2.51. The van der Waals surface area contributed by atoms with Crippen molar-refractivity contribution in [1.29, 1.82) is 0 Å². The number of pyridine rings is 1. The molecule has 7 heteroatoms. The quantitative estimate of drug-likeness (QED) is 0.502. The number of nitrogens with zero attached hydrogens (tertiary/aromatic N) is 3. The second-order valence-corrected chi connectivity index (χ2v) is 4.31. The number of carbonyl (C=O) groups is 1. The van der Waals surface area contributed by atoms with Gasteiger partial charge in [0.2, 0.25) is 5.91 Å². The van der Waals surface area contributed by atoms with Crippen molar-refractivity contribution in [2.24, 2.45) is 5.11 Å². The van der Waals surface area contributed by atoms with Gasteiger partial charge in [0.15, 0.2) is 0 Å². The van der Waals surface area contributed by atoms with E-state index in [1.54, 1.807) is 19.1 Å². The van der Waals surface area contributed by atoms with Gasteiger partial charge in [-0.15, -0.1) is 0 Å². The van der Waals surface area contributed by atoms with E-state index >= 15 is 0 Å². The Morgan fingerprint density at radius 3 is 2.67 bits per heavy atom. The lowest BCUT2D eigenvalue weighted by atomic mass is 10.1. The van der Waals surface area contributed by atoms with E-state index in [9.17, 15) is 9.59 Å². The summed E-state index contributed by atoms with van der Waals surface area (Å²) in [5, 5.41) is 7.25. The summed E-state index contributed by atoms with van der Waals surface area (Å²) in [4.78, 5) is 27.8. The molecule has 2 aromatic rings. The number of rotatable bonds is 2. The molecule has 0 aliphatic rings.